The Morgan fingerprint density at radius 2 is 1.03 bits per heavy atom. The minimum Gasteiger partial charge on any atom is -0.481 e. The lowest BCUT2D eigenvalue weighted by atomic mass is 9.75. The lowest BCUT2D eigenvalue weighted by Gasteiger charge is -2.39. The van der Waals surface area contributed by atoms with E-state index >= 15 is 0 Å². The van der Waals surface area contributed by atoms with Gasteiger partial charge in [-0.25, -0.2) is 9.59 Å². The number of aliphatic carboxylic acids is 2. The van der Waals surface area contributed by atoms with Crippen LogP contribution in [0.5, 0.6) is 0 Å². The summed E-state index contributed by atoms with van der Waals surface area (Å²) >= 11 is 0. The highest BCUT2D eigenvalue weighted by atomic mass is 16.6. The number of amides is 2. The van der Waals surface area contributed by atoms with Crippen molar-refractivity contribution in [3.8, 4) is 0 Å². The SMILES string of the molecule is CC(C)N1CCC(CCN2CC(CN3CCC(CC(=O)O)(C(=O)O)CC3)OC2=O)CC1.CCOC(=O)CC1(C(=O)OCC)CCN(CC2CN(CCC3CCN(C(C)C)CC3)C(=O)O2)CC1. The third-order valence-electron chi connectivity index (χ3n) is 15.3. The Kier molecular flexibility index (Phi) is 20.2. The molecule has 6 fully saturated rings. The van der Waals surface area contributed by atoms with Crippen LogP contribution in [0.4, 0.5) is 9.59 Å². The number of likely N-dealkylation sites (tertiary alicyclic amines) is 4. The number of hydrogen-bond acceptors (Lipinski definition) is 14. The second-order valence-corrected chi connectivity index (χ2v) is 20.4. The van der Waals surface area contributed by atoms with Crippen LogP contribution in [0.15, 0.2) is 0 Å². The summed E-state index contributed by atoms with van der Waals surface area (Å²) in [5, 5.41) is 18.6. The van der Waals surface area contributed by atoms with Gasteiger partial charge in [-0.2, -0.15) is 0 Å². The van der Waals surface area contributed by atoms with E-state index in [1.165, 1.54) is 25.7 Å². The van der Waals surface area contributed by atoms with Crippen LogP contribution in [-0.4, -0.2) is 205 Å². The van der Waals surface area contributed by atoms with Gasteiger partial charge in [0.25, 0.3) is 0 Å². The summed E-state index contributed by atoms with van der Waals surface area (Å²) in [5.74, 6) is -1.45. The van der Waals surface area contributed by atoms with Gasteiger partial charge >= 0.3 is 36.1 Å². The molecule has 0 saturated carbocycles. The Bertz CT molecular complexity index is 1600. The Balaban J connectivity index is 0.000000249. The molecule has 376 valence electrons. The first-order valence-electron chi connectivity index (χ1n) is 25.1. The molecule has 2 atom stereocenters. The van der Waals surface area contributed by atoms with Gasteiger partial charge < -0.3 is 48.8 Å². The van der Waals surface area contributed by atoms with E-state index in [0.717, 1.165) is 52.1 Å². The number of carbonyl (C=O) groups excluding carboxylic acids is 4. The second kappa shape index (κ2) is 25.0. The van der Waals surface area contributed by atoms with Gasteiger partial charge in [0.05, 0.1) is 50.0 Å². The number of esters is 2. The largest absolute Gasteiger partial charge is 0.481 e. The fourth-order valence-electron chi connectivity index (χ4n) is 10.8. The molecule has 0 aromatic heterocycles. The van der Waals surface area contributed by atoms with E-state index in [2.05, 4.69) is 47.3 Å². The summed E-state index contributed by atoms with van der Waals surface area (Å²) in [7, 11) is 0. The summed E-state index contributed by atoms with van der Waals surface area (Å²) in [5.41, 5.74) is -2.02. The van der Waals surface area contributed by atoms with E-state index in [4.69, 9.17) is 24.1 Å². The first kappa shape index (κ1) is 53.2. The minimum atomic E-state index is -1.19. The minimum absolute atomic E-state index is 0.0514. The molecule has 2 amide bonds. The van der Waals surface area contributed by atoms with Crippen LogP contribution in [0, 0.1) is 22.7 Å². The number of nitrogens with zero attached hydrogens (tertiary/aromatic N) is 6. The Morgan fingerprint density at radius 3 is 1.39 bits per heavy atom. The normalized spacial score (nSPS) is 24.8. The van der Waals surface area contributed by atoms with Crippen LogP contribution < -0.4 is 0 Å². The van der Waals surface area contributed by atoms with Gasteiger partial charge in [-0.05, 0) is 170 Å². The molecule has 18 heteroatoms. The maximum Gasteiger partial charge on any atom is 0.410 e. The molecule has 0 spiro atoms. The Labute approximate surface area is 392 Å². The quantitative estimate of drug-likeness (QED) is 0.124. The molecule has 0 aromatic rings. The van der Waals surface area contributed by atoms with Crippen molar-refractivity contribution in [1.29, 1.82) is 0 Å². The highest BCUT2D eigenvalue weighted by Crippen LogP contribution is 2.38. The van der Waals surface area contributed by atoms with E-state index in [1.807, 2.05) is 4.90 Å². The van der Waals surface area contributed by atoms with Gasteiger partial charge in [-0.3, -0.25) is 29.0 Å². The van der Waals surface area contributed by atoms with Crippen molar-refractivity contribution in [1.82, 2.24) is 29.4 Å². The zero-order valence-electron chi connectivity index (χ0n) is 40.9. The van der Waals surface area contributed by atoms with Crippen molar-refractivity contribution in [2.75, 3.05) is 105 Å². The molecule has 2 N–H and O–H groups in total. The monoisotopic (exact) mass is 935 g/mol. The van der Waals surface area contributed by atoms with Crippen LogP contribution in [0.25, 0.3) is 0 Å². The molecule has 18 nitrogen and oxygen atoms in total. The molecule has 0 aliphatic carbocycles. The zero-order valence-corrected chi connectivity index (χ0v) is 40.9. The van der Waals surface area contributed by atoms with Crippen molar-refractivity contribution in [2.45, 2.75) is 143 Å². The molecule has 6 saturated heterocycles. The third-order valence-corrected chi connectivity index (χ3v) is 15.3. The average Bonchev–Trinajstić information content (AvgIpc) is 3.82. The molecule has 0 bridgehead atoms. The number of cyclic esters (lactones) is 2. The van der Waals surface area contributed by atoms with Crippen LogP contribution in [-0.2, 0) is 38.1 Å². The molecule has 6 aliphatic rings. The van der Waals surface area contributed by atoms with Crippen LogP contribution in [0.1, 0.15) is 119 Å². The molecule has 6 heterocycles. The van der Waals surface area contributed by atoms with E-state index in [1.54, 1.807) is 18.7 Å². The van der Waals surface area contributed by atoms with E-state index in [0.29, 0.717) is 109 Å². The fourth-order valence-corrected chi connectivity index (χ4v) is 10.8. The maximum absolute atomic E-state index is 12.7. The average molecular weight is 935 g/mol. The number of carboxylic acids is 2. The number of carbonyl (C=O) groups is 6. The lowest BCUT2D eigenvalue weighted by Crippen LogP contribution is -2.48. The van der Waals surface area contributed by atoms with Crippen molar-refractivity contribution >= 4 is 36.1 Å². The van der Waals surface area contributed by atoms with Crippen molar-refractivity contribution < 1.29 is 57.9 Å². The Morgan fingerprint density at radius 1 is 0.621 bits per heavy atom. The highest BCUT2D eigenvalue weighted by molar-refractivity contribution is 5.84. The molecule has 66 heavy (non-hydrogen) atoms. The van der Waals surface area contributed by atoms with Gasteiger partial charge in [0.15, 0.2) is 0 Å². The molecule has 6 rings (SSSR count). The predicted molar refractivity (Wildman–Crippen MR) is 246 cm³/mol. The van der Waals surface area contributed by atoms with Crippen LogP contribution in [0.3, 0.4) is 0 Å². The van der Waals surface area contributed by atoms with Crippen molar-refractivity contribution in [2.24, 2.45) is 22.7 Å². The van der Waals surface area contributed by atoms with Crippen molar-refractivity contribution in [3.05, 3.63) is 0 Å². The highest BCUT2D eigenvalue weighted by Gasteiger charge is 2.47. The third kappa shape index (κ3) is 15.1. The fraction of sp³-hybridized carbons (Fsp3) is 0.875. The summed E-state index contributed by atoms with van der Waals surface area (Å²) in [4.78, 5) is 85.4. The van der Waals surface area contributed by atoms with Crippen LogP contribution >= 0.6 is 0 Å². The zero-order chi connectivity index (χ0) is 48.0. The first-order valence-corrected chi connectivity index (χ1v) is 25.1. The molecular formula is C48H82N6O12. The number of rotatable bonds is 20. The summed E-state index contributed by atoms with van der Waals surface area (Å²) in [6.07, 6.45) is 7.32. The van der Waals surface area contributed by atoms with Crippen molar-refractivity contribution in [3.63, 3.8) is 0 Å². The number of hydrogen-bond donors (Lipinski definition) is 2. The van der Waals surface area contributed by atoms with E-state index in [9.17, 15) is 33.9 Å². The van der Waals surface area contributed by atoms with E-state index < -0.39 is 22.8 Å². The maximum atomic E-state index is 12.7. The van der Waals surface area contributed by atoms with Gasteiger partial charge in [-0.15, -0.1) is 0 Å². The smallest absolute Gasteiger partial charge is 0.410 e. The molecular weight excluding hydrogens is 853 g/mol. The number of carboxylic acid groups (broad SMARTS) is 2. The standard InChI is InChI=1S/C26H45N3O6.C22H37N3O6/c1-5-33-23(30)17-26(24(31)34-6-2)10-15-27(16-11-26)18-22-19-29(25(32)35-22)14-9-21-7-12-28(13-8-21)20(3)4;1-16(2)24-8-3-17(4-9-24)5-10-25-15-18(31-21(25)30)14-23-11-6-22(7-12-23,20(28)29)13-19(26)27/h20-22H,5-19H2,1-4H3;16-18H,3-15H2,1-2H3,(H,26,27)(H,28,29). The van der Waals surface area contributed by atoms with Gasteiger partial charge in [0.2, 0.25) is 0 Å². The van der Waals surface area contributed by atoms with Crippen LogP contribution in [0.2, 0.25) is 0 Å². The summed E-state index contributed by atoms with van der Waals surface area (Å²) in [6, 6.07) is 1.20. The van der Waals surface area contributed by atoms with Gasteiger partial charge in [0, 0.05) is 38.3 Å². The van der Waals surface area contributed by atoms with Gasteiger partial charge in [-0.1, -0.05) is 0 Å². The topological polar surface area (TPSA) is 199 Å². The Hall–Kier alpha value is -3.74. The summed E-state index contributed by atoms with van der Waals surface area (Å²) in [6.45, 7) is 23.8. The number of piperidine rings is 4. The molecule has 0 radical (unpaired) electrons. The lowest BCUT2D eigenvalue weighted by molar-refractivity contribution is -0.165. The number of ether oxygens (including phenoxy) is 4. The first-order chi connectivity index (χ1) is 31.4. The predicted octanol–water partition coefficient (Wildman–Crippen LogP) is 4.88. The molecule has 6 aliphatic heterocycles. The summed E-state index contributed by atoms with van der Waals surface area (Å²) < 4.78 is 21.7. The van der Waals surface area contributed by atoms with E-state index in [-0.39, 0.29) is 55.8 Å². The second-order valence-electron chi connectivity index (χ2n) is 20.4. The van der Waals surface area contributed by atoms with Gasteiger partial charge in [0.1, 0.15) is 12.2 Å². The molecule has 0 aromatic carbocycles. The molecule has 2 unspecified atom stereocenters.